The lowest BCUT2D eigenvalue weighted by Crippen LogP contribution is -2.23. The second-order valence-corrected chi connectivity index (χ2v) is 3.88. The van der Waals surface area contributed by atoms with E-state index >= 15 is 0 Å². The first-order chi connectivity index (χ1) is 7.83. The highest BCUT2D eigenvalue weighted by atomic mass is 16.5. The molecule has 1 fully saturated rings. The molecule has 16 heavy (non-hydrogen) atoms. The molecular weight excluding hydrogens is 204 g/mol. The smallest absolute Gasteiger partial charge is 0.134 e. The van der Waals surface area contributed by atoms with E-state index in [9.17, 15) is 0 Å². The Labute approximate surface area is 95.8 Å². The zero-order valence-electron chi connectivity index (χ0n) is 9.81. The van der Waals surface area contributed by atoms with Crippen LogP contribution in [0.3, 0.4) is 0 Å². The van der Waals surface area contributed by atoms with Gasteiger partial charge in [-0.2, -0.15) is 0 Å². The number of aromatic nitrogens is 2. The minimum atomic E-state index is 0.331. The van der Waals surface area contributed by atoms with Gasteiger partial charge in [-0.25, -0.2) is 9.97 Å². The average Bonchev–Trinajstić information content (AvgIpc) is 2.78. The molecule has 1 aliphatic rings. The molecule has 2 heterocycles. The Bertz CT molecular complexity index is 345. The van der Waals surface area contributed by atoms with Crippen molar-refractivity contribution in [3.63, 3.8) is 0 Å². The first-order valence-corrected chi connectivity index (χ1v) is 5.67. The Morgan fingerprint density at radius 2 is 2.44 bits per heavy atom. The van der Waals surface area contributed by atoms with Crippen LogP contribution in [0, 0.1) is 0 Å². The van der Waals surface area contributed by atoms with Crippen molar-refractivity contribution in [2.45, 2.75) is 19.4 Å². The molecule has 1 atom stereocenters. The van der Waals surface area contributed by atoms with Gasteiger partial charge in [0.2, 0.25) is 0 Å². The fourth-order valence-electron chi connectivity index (χ4n) is 1.93. The van der Waals surface area contributed by atoms with E-state index in [1.54, 1.807) is 13.4 Å². The van der Waals surface area contributed by atoms with Crippen LogP contribution < -0.4 is 10.2 Å². The molecule has 1 aromatic heterocycles. The van der Waals surface area contributed by atoms with Crippen LogP contribution in [-0.2, 0) is 4.74 Å². The van der Waals surface area contributed by atoms with Crippen LogP contribution in [0.5, 0.6) is 0 Å². The number of methoxy groups -OCH3 is 1. The van der Waals surface area contributed by atoms with Crippen LogP contribution in [0.2, 0.25) is 0 Å². The molecule has 0 spiro atoms. The summed E-state index contributed by atoms with van der Waals surface area (Å²) in [5, 5.41) is 3.19. The number of hydrogen-bond donors (Lipinski definition) is 1. The third kappa shape index (κ3) is 2.41. The van der Waals surface area contributed by atoms with E-state index in [1.807, 2.05) is 6.07 Å². The highest BCUT2D eigenvalue weighted by molar-refractivity contribution is 5.49. The summed E-state index contributed by atoms with van der Waals surface area (Å²) in [6, 6.07) is 1.99. The Morgan fingerprint density at radius 3 is 3.12 bits per heavy atom. The molecule has 1 aliphatic heterocycles. The summed E-state index contributed by atoms with van der Waals surface area (Å²) >= 11 is 0. The van der Waals surface area contributed by atoms with Crippen LogP contribution >= 0.6 is 0 Å². The monoisotopic (exact) mass is 222 g/mol. The van der Waals surface area contributed by atoms with E-state index in [0.29, 0.717) is 6.10 Å². The Kier molecular flexibility index (Phi) is 3.56. The van der Waals surface area contributed by atoms with Crippen molar-refractivity contribution in [2.75, 3.05) is 37.0 Å². The quantitative estimate of drug-likeness (QED) is 0.827. The van der Waals surface area contributed by atoms with Crippen molar-refractivity contribution in [2.24, 2.45) is 0 Å². The van der Waals surface area contributed by atoms with E-state index in [-0.39, 0.29) is 0 Å². The number of hydrogen-bond acceptors (Lipinski definition) is 5. The van der Waals surface area contributed by atoms with Gasteiger partial charge >= 0.3 is 0 Å². The van der Waals surface area contributed by atoms with Crippen LogP contribution in [0.4, 0.5) is 11.6 Å². The molecule has 5 heteroatoms. The molecule has 0 radical (unpaired) electrons. The van der Waals surface area contributed by atoms with Gasteiger partial charge < -0.3 is 15.0 Å². The van der Waals surface area contributed by atoms with E-state index in [1.165, 1.54) is 0 Å². The molecule has 1 aromatic rings. The third-order valence-corrected chi connectivity index (χ3v) is 2.81. The molecule has 1 unspecified atom stereocenters. The average molecular weight is 222 g/mol. The summed E-state index contributed by atoms with van der Waals surface area (Å²) in [6.45, 7) is 4.84. The number of rotatable bonds is 4. The van der Waals surface area contributed by atoms with Crippen LogP contribution in [-0.4, -0.2) is 42.8 Å². The fraction of sp³-hybridized carbons (Fsp3) is 0.636. The van der Waals surface area contributed by atoms with Gasteiger partial charge in [-0.05, 0) is 13.3 Å². The Hall–Kier alpha value is -1.36. The van der Waals surface area contributed by atoms with Crippen molar-refractivity contribution in [3.8, 4) is 0 Å². The molecule has 0 aliphatic carbocycles. The van der Waals surface area contributed by atoms with Gasteiger partial charge in [-0.3, -0.25) is 0 Å². The van der Waals surface area contributed by atoms with Crippen molar-refractivity contribution in [3.05, 3.63) is 12.4 Å². The lowest BCUT2D eigenvalue weighted by molar-refractivity contribution is 0.121. The van der Waals surface area contributed by atoms with Gasteiger partial charge in [0.05, 0.1) is 6.10 Å². The van der Waals surface area contributed by atoms with Crippen LogP contribution in [0.1, 0.15) is 13.3 Å². The van der Waals surface area contributed by atoms with E-state index in [0.717, 1.165) is 37.7 Å². The zero-order valence-corrected chi connectivity index (χ0v) is 9.81. The second-order valence-electron chi connectivity index (χ2n) is 3.88. The Morgan fingerprint density at radius 1 is 1.56 bits per heavy atom. The van der Waals surface area contributed by atoms with E-state index in [4.69, 9.17) is 4.74 Å². The molecule has 0 aromatic carbocycles. The summed E-state index contributed by atoms with van der Waals surface area (Å²) in [4.78, 5) is 10.7. The first kappa shape index (κ1) is 11.1. The number of nitrogens with zero attached hydrogens (tertiary/aromatic N) is 3. The third-order valence-electron chi connectivity index (χ3n) is 2.81. The molecule has 2 rings (SSSR count). The topological polar surface area (TPSA) is 50.3 Å². The van der Waals surface area contributed by atoms with E-state index in [2.05, 4.69) is 27.1 Å². The van der Waals surface area contributed by atoms with Crippen molar-refractivity contribution in [1.29, 1.82) is 0 Å². The largest absolute Gasteiger partial charge is 0.380 e. The van der Waals surface area contributed by atoms with Crippen LogP contribution in [0.15, 0.2) is 12.4 Å². The van der Waals surface area contributed by atoms with Crippen LogP contribution in [0.25, 0.3) is 0 Å². The zero-order chi connectivity index (χ0) is 11.4. The molecule has 1 N–H and O–H groups in total. The number of nitrogens with one attached hydrogen (secondary N) is 1. The van der Waals surface area contributed by atoms with Gasteiger partial charge in [0, 0.05) is 32.8 Å². The molecule has 0 bridgehead atoms. The fourth-order valence-corrected chi connectivity index (χ4v) is 1.93. The molecule has 0 saturated carbocycles. The maximum absolute atomic E-state index is 5.34. The lowest BCUT2D eigenvalue weighted by Gasteiger charge is -2.17. The standard InChI is InChI=1S/C11H18N4O/c1-3-12-10-6-11(14-8-13-10)15-5-4-9(7-15)16-2/h6,8-9H,3-5,7H2,1-2H3,(H,12,13,14). The van der Waals surface area contributed by atoms with Gasteiger partial charge in [0.1, 0.15) is 18.0 Å². The SMILES string of the molecule is CCNc1cc(N2CCC(OC)C2)ncn1. The summed E-state index contributed by atoms with van der Waals surface area (Å²) in [5.74, 6) is 1.86. The first-order valence-electron chi connectivity index (χ1n) is 5.67. The summed E-state index contributed by atoms with van der Waals surface area (Å²) in [6.07, 6.45) is 3.00. The highest BCUT2D eigenvalue weighted by Crippen LogP contribution is 2.20. The molecule has 0 amide bonds. The normalized spacial score (nSPS) is 20.1. The molecule has 88 valence electrons. The maximum Gasteiger partial charge on any atom is 0.134 e. The minimum absolute atomic E-state index is 0.331. The van der Waals surface area contributed by atoms with Crippen molar-refractivity contribution < 1.29 is 4.74 Å². The second kappa shape index (κ2) is 5.12. The predicted molar refractivity (Wildman–Crippen MR) is 63.8 cm³/mol. The summed E-state index contributed by atoms with van der Waals surface area (Å²) in [5.41, 5.74) is 0. The predicted octanol–water partition coefficient (Wildman–Crippen LogP) is 1.13. The van der Waals surface area contributed by atoms with Gasteiger partial charge in [0.25, 0.3) is 0 Å². The van der Waals surface area contributed by atoms with Gasteiger partial charge in [-0.1, -0.05) is 0 Å². The summed E-state index contributed by atoms with van der Waals surface area (Å²) in [7, 11) is 1.76. The molecular formula is C11H18N4O. The Balaban J connectivity index is 2.06. The van der Waals surface area contributed by atoms with E-state index < -0.39 is 0 Å². The number of ether oxygens (including phenoxy) is 1. The highest BCUT2D eigenvalue weighted by Gasteiger charge is 2.23. The molecule has 5 nitrogen and oxygen atoms in total. The maximum atomic E-state index is 5.34. The minimum Gasteiger partial charge on any atom is -0.380 e. The van der Waals surface area contributed by atoms with Crippen molar-refractivity contribution in [1.82, 2.24) is 9.97 Å². The van der Waals surface area contributed by atoms with Gasteiger partial charge in [-0.15, -0.1) is 0 Å². The molecule has 1 saturated heterocycles. The van der Waals surface area contributed by atoms with Gasteiger partial charge in [0.15, 0.2) is 0 Å². The van der Waals surface area contributed by atoms with Crippen molar-refractivity contribution >= 4 is 11.6 Å². The summed E-state index contributed by atoms with van der Waals surface area (Å²) < 4.78 is 5.34. The lowest BCUT2D eigenvalue weighted by atomic mass is 10.3. The number of anilines is 2.